The molecular formula is C13H18ClNO2. The van der Waals surface area contributed by atoms with Crippen LogP contribution < -0.4 is 5.32 Å². The van der Waals surface area contributed by atoms with Gasteiger partial charge in [-0.2, -0.15) is 0 Å². The Hall–Kier alpha value is -1.22. The number of phenols is 1. The molecule has 0 bridgehead atoms. The van der Waals surface area contributed by atoms with Crippen molar-refractivity contribution in [3.63, 3.8) is 0 Å². The van der Waals surface area contributed by atoms with E-state index >= 15 is 0 Å². The predicted octanol–water partition coefficient (Wildman–Crippen LogP) is 2.46. The molecule has 0 aromatic heterocycles. The van der Waals surface area contributed by atoms with Crippen molar-refractivity contribution in [2.24, 2.45) is 0 Å². The summed E-state index contributed by atoms with van der Waals surface area (Å²) in [6.45, 7) is 3.61. The van der Waals surface area contributed by atoms with E-state index in [2.05, 4.69) is 5.32 Å². The third kappa shape index (κ3) is 5.09. The van der Waals surface area contributed by atoms with Crippen LogP contribution >= 0.6 is 11.6 Å². The summed E-state index contributed by atoms with van der Waals surface area (Å²) in [4.78, 5) is 11.3. The molecule has 0 spiro atoms. The Morgan fingerprint density at radius 3 is 2.47 bits per heavy atom. The van der Waals surface area contributed by atoms with E-state index in [1.807, 2.05) is 19.1 Å². The lowest BCUT2D eigenvalue weighted by atomic mass is 10.1. The Balaban J connectivity index is 2.35. The Kier molecular flexibility index (Phi) is 5.29. The second-order valence-corrected chi connectivity index (χ2v) is 4.89. The molecule has 0 aliphatic rings. The minimum atomic E-state index is -0.494. The minimum Gasteiger partial charge on any atom is -0.508 e. The van der Waals surface area contributed by atoms with Crippen LogP contribution in [0.4, 0.5) is 0 Å². The van der Waals surface area contributed by atoms with Crippen LogP contribution in [0.15, 0.2) is 24.3 Å². The number of aromatic hydroxyl groups is 1. The molecule has 3 nitrogen and oxygen atoms in total. The fraction of sp³-hybridized carbons (Fsp3) is 0.462. The number of benzene rings is 1. The molecule has 1 amide bonds. The van der Waals surface area contributed by atoms with Crippen LogP contribution in [0.1, 0.15) is 25.8 Å². The van der Waals surface area contributed by atoms with Crippen LogP contribution in [0.3, 0.4) is 0 Å². The van der Waals surface area contributed by atoms with Crippen molar-refractivity contribution in [1.29, 1.82) is 0 Å². The van der Waals surface area contributed by atoms with Crippen molar-refractivity contribution >= 4 is 17.5 Å². The summed E-state index contributed by atoms with van der Waals surface area (Å²) >= 11 is 5.67. The summed E-state index contributed by atoms with van der Waals surface area (Å²) in [6.07, 6.45) is 1.71. The number of carbonyl (C=O) groups is 1. The van der Waals surface area contributed by atoms with Crippen molar-refractivity contribution in [2.75, 3.05) is 0 Å². The molecule has 0 fully saturated rings. The summed E-state index contributed by atoms with van der Waals surface area (Å²) in [5, 5.41) is 11.5. The molecule has 0 aliphatic heterocycles. The molecule has 1 rings (SSSR count). The average Bonchev–Trinajstić information content (AvgIpc) is 2.28. The predicted molar refractivity (Wildman–Crippen MR) is 69.3 cm³/mol. The highest BCUT2D eigenvalue weighted by Crippen LogP contribution is 2.12. The topological polar surface area (TPSA) is 49.3 Å². The van der Waals surface area contributed by atoms with E-state index in [1.165, 1.54) is 0 Å². The summed E-state index contributed by atoms with van der Waals surface area (Å²) < 4.78 is 0. The molecule has 0 saturated heterocycles. The van der Waals surface area contributed by atoms with Crippen LogP contribution in [0.5, 0.6) is 5.75 Å². The summed E-state index contributed by atoms with van der Waals surface area (Å²) in [5.41, 5.74) is 1.14. The van der Waals surface area contributed by atoms with Crippen molar-refractivity contribution < 1.29 is 9.90 Å². The zero-order valence-electron chi connectivity index (χ0n) is 10.1. The fourth-order valence-electron chi connectivity index (χ4n) is 1.48. The normalized spacial score (nSPS) is 14.1. The van der Waals surface area contributed by atoms with Gasteiger partial charge in [-0.25, -0.2) is 0 Å². The highest BCUT2D eigenvalue weighted by atomic mass is 35.5. The maximum Gasteiger partial charge on any atom is 0.237 e. The highest BCUT2D eigenvalue weighted by Gasteiger charge is 2.12. The van der Waals surface area contributed by atoms with Gasteiger partial charge in [0.1, 0.15) is 11.1 Å². The first kappa shape index (κ1) is 13.8. The van der Waals surface area contributed by atoms with Crippen molar-refractivity contribution in [3.05, 3.63) is 29.8 Å². The quantitative estimate of drug-likeness (QED) is 0.794. The first-order valence-electron chi connectivity index (χ1n) is 5.71. The number of halogens is 1. The Morgan fingerprint density at radius 1 is 1.35 bits per heavy atom. The molecule has 0 saturated carbocycles. The molecular weight excluding hydrogens is 238 g/mol. The van der Waals surface area contributed by atoms with E-state index in [0.29, 0.717) is 0 Å². The second kappa shape index (κ2) is 6.50. The molecule has 2 atom stereocenters. The summed E-state index contributed by atoms with van der Waals surface area (Å²) in [6, 6.07) is 7.19. The number of nitrogens with one attached hydrogen (secondary N) is 1. The van der Waals surface area contributed by atoms with E-state index in [1.54, 1.807) is 19.1 Å². The van der Waals surface area contributed by atoms with Gasteiger partial charge in [0.15, 0.2) is 0 Å². The van der Waals surface area contributed by atoms with Gasteiger partial charge in [-0.15, -0.1) is 11.6 Å². The zero-order chi connectivity index (χ0) is 12.8. The Bertz CT molecular complexity index is 362. The van der Waals surface area contributed by atoms with Gasteiger partial charge in [-0.3, -0.25) is 4.79 Å². The number of aryl methyl sites for hydroxylation is 1. The fourth-order valence-corrected chi connectivity index (χ4v) is 1.54. The van der Waals surface area contributed by atoms with Gasteiger partial charge in [0.25, 0.3) is 0 Å². The smallest absolute Gasteiger partial charge is 0.237 e. The van der Waals surface area contributed by atoms with Gasteiger partial charge in [0, 0.05) is 6.04 Å². The number of phenolic OH excluding ortho intramolecular Hbond substituents is 1. The summed E-state index contributed by atoms with van der Waals surface area (Å²) in [7, 11) is 0. The number of hydrogen-bond acceptors (Lipinski definition) is 2. The van der Waals surface area contributed by atoms with E-state index in [4.69, 9.17) is 16.7 Å². The van der Waals surface area contributed by atoms with Gasteiger partial charge in [0.05, 0.1) is 0 Å². The van der Waals surface area contributed by atoms with Crippen molar-refractivity contribution in [3.8, 4) is 5.75 Å². The molecule has 4 heteroatoms. The largest absolute Gasteiger partial charge is 0.508 e. The molecule has 2 unspecified atom stereocenters. The van der Waals surface area contributed by atoms with E-state index < -0.39 is 5.38 Å². The van der Waals surface area contributed by atoms with Gasteiger partial charge in [-0.05, 0) is 44.4 Å². The number of rotatable bonds is 5. The van der Waals surface area contributed by atoms with Crippen LogP contribution in [-0.4, -0.2) is 22.4 Å². The molecule has 1 aromatic rings. The van der Waals surface area contributed by atoms with Crippen LogP contribution in [-0.2, 0) is 11.2 Å². The zero-order valence-corrected chi connectivity index (χ0v) is 10.9. The molecule has 0 heterocycles. The first-order valence-corrected chi connectivity index (χ1v) is 6.15. The van der Waals surface area contributed by atoms with E-state index in [9.17, 15) is 4.79 Å². The molecule has 2 N–H and O–H groups in total. The van der Waals surface area contributed by atoms with Crippen molar-refractivity contribution in [2.45, 2.75) is 38.1 Å². The number of amides is 1. The number of alkyl halides is 1. The molecule has 0 radical (unpaired) electrons. The minimum absolute atomic E-state index is 0.0949. The van der Waals surface area contributed by atoms with Gasteiger partial charge in [0.2, 0.25) is 5.91 Å². The van der Waals surface area contributed by atoms with E-state index in [0.717, 1.165) is 18.4 Å². The second-order valence-electron chi connectivity index (χ2n) is 4.23. The van der Waals surface area contributed by atoms with Crippen LogP contribution in [0.2, 0.25) is 0 Å². The third-order valence-electron chi connectivity index (χ3n) is 2.55. The van der Waals surface area contributed by atoms with Gasteiger partial charge < -0.3 is 10.4 Å². The number of hydrogen-bond donors (Lipinski definition) is 2. The lowest BCUT2D eigenvalue weighted by Gasteiger charge is -2.14. The lowest BCUT2D eigenvalue weighted by molar-refractivity contribution is -0.121. The Morgan fingerprint density at radius 2 is 1.94 bits per heavy atom. The van der Waals surface area contributed by atoms with Crippen LogP contribution in [0, 0.1) is 0 Å². The first-order chi connectivity index (χ1) is 7.99. The SMILES string of the molecule is CC(CCc1ccc(O)cc1)NC(=O)C(C)Cl. The van der Waals surface area contributed by atoms with Gasteiger partial charge in [-0.1, -0.05) is 12.1 Å². The van der Waals surface area contributed by atoms with Crippen molar-refractivity contribution in [1.82, 2.24) is 5.32 Å². The summed E-state index contributed by atoms with van der Waals surface area (Å²) in [5.74, 6) is 0.135. The molecule has 1 aromatic carbocycles. The standard InChI is InChI=1S/C13H18ClNO2/c1-9(15-13(17)10(2)14)3-4-11-5-7-12(16)8-6-11/h5-10,16H,3-4H2,1-2H3,(H,15,17). The monoisotopic (exact) mass is 255 g/mol. The molecule has 94 valence electrons. The third-order valence-corrected chi connectivity index (χ3v) is 2.75. The van der Waals surface area contributed by atoms with E-state index in [-0.39, 0.29) is 17.7 Å². The average molecular weight is 256 g/mol. The number of carbonyl (C=O) groups excluding carboxylic acids is 1. The molecule has 17 heavy (non-hydrogen) atoms. The van der Waals surface area contributed by atoms with Gasteiger partial charge >= 0.3 is 0 Å². The maximum absolute atomic E-state index is 11.3. The van der Waals surface area contributed by atoms with Crippen LogP contribution in [0.25, 0.3) is 0 Å². The maximum atomic E-state index is 11.3. The Labute approximate surface area is 107 Å². The molecule has 0 aliphatic carbocycles. The lowest BCUT2D eigenvalue weighted by Crippen LogP contribution is -2.37. The highest BCUT2D eigenvalue weighted by molar-refractivity contribution is 6.30.